The molecule has 15 nitrogen and oxygen atoms in total. The molecule has 0 amide bonds. The Morgan fingerprint density at radius 1 is 1.09 bits per heavy atom. The molecule has 16 heteroatoms. The van der Waals surface area contributed by atoms with Crippen LogP contribution in [0.1, 0.15) is 53.2 Å². The van der Waals surface area contributed by atoms with E-state index in [1.807, 2.05) is 0 Å². The van der Waals surface area contributed by atoms with E-state index in [0.29, 0.717) is 11.2 Å². The smallest absolute Gasteiger partial charge is 0.459 e. The quantitative estimate of drug-likeness (QED) is 0.147. The third-order valence-electron chi connectivity index (χ3n) is 7.07. The van der Waals surface area contributed by atoms with Crippen molar-refractivity contribution < 1.29 is 46.9 Å². The summed E-state index contributed by atoms with van der Waals surface area (Å²) < 4.78 is 50.4. The van der Waals surface area contributed by atoms with Gasteiger partial charge in [-0.15, -0.1) is 0 Å². The predicted octanol–water partition coefficient (Wildman–Crippen LogP) is 3.31. The summed E-state index contributed by atoms with van der Waals surface area (Å²) in [5.41, 5.74) is 5.47. The highest BCUT2D eigenvalue weighted by molar-refractivity contribution is 7.52. The summed E-state index contributed by atoms with van der Waals surface area (Å²) in [5.74, 6) is -1.45. The van der Waals surface area contributed by atoms with Crippen molar-refractivity contribution >= 4 is 37.0 Å². The van der Waals surface area contributed by atoms with Gasteiger partial charge >= 0.3 is 25.7 Å². The summed E-state index contributed by atoms with van der Waals surface area (Å²) in [6, 6.07) is 10.5. The fourth-order valence-electron chi connectivity index (χ4n) is 4.84. The van der Waals surface area contributed by atoms with E-state index in [2.05, 4.69) is 15.2 Å². The summed E-state index contributed by atoms with van der Waals surface area (Å²) in [5, 5.41) is 6.90. The summed E-state index contributed by atoms with van der Waals surface area (Å²) >= 11 is 0. The van der Waals surface area contributed by atoms with Crippen LogP contribution in [0, 0.1) is 0 Å². The number of anilines is 1. The molecule has 3 heterocycles. The van der Waals surface area contributed by atoms with E-state index in [-0.39, 0.29) is 31.0 Å². The Balaban J connectivity index is 1.72. The first-order valence-electron chi connectivity index (χ1n) is 14.5. The standard InChI is InChI=1S/C29H38N5O10P/c1-6-23(35)41-25-21(16-40-45(38,33-18(4)28(37)39-8-3)44-19-12-10-9-11-13-19)43-29(5,26(25)42-24(36)7-2)22-15-14-20-27(30)31-17-32-34(20)22/h9-15,17-18,21,25-26H,6-8,16H2,1-5H3,(H,33,38)(H2,30,31,32)/t18-,21+,25+,26+,29-,45-/m0/s1. The molecule has 1 aromatic carbocycles. The number of rotatable bonds is 14. The monoisotopic (exact) mass is 647 g/mol. The van der Waals surface area contributed by atoms with Crippen molar-refractivity contribution in [2.24, 2.45) is 0 Å². The van der Waals surface area contributed by atoms with Crippen LogP contribution in [0.4, 0.5) is 5.82 Å². The lowest BCUT2D eigenvalue weighted by Gasteiger charge is -2.31. The van der Waals surface area contributed by atoms with Crippen LogP contribution in [-0.4, -0.2) is 70.1 Å². The molecule has 1 aliphatic heterocycles. The maximum Gasteiger partial charge on any atom is 0.459 e. The first kappa shape index (κ1) is 33.8. The average Bonchev–Trinajstić information content (AvgIpc) is 3.57. The number of nitrogens with zero attached hydrogens (tertiary/aromatic N) is 3. The van der Waals surface area contributed by atoms with Gasteiger partial charge in [0.1, 0.15) is 35.3 Å². The molecule has 1 aliphatic rings. The average molecular weight is 648 g/mol. The molecule has 0 radical (unpaired) electrons. The highest BCUT2D eigenvalue weighted by Gasteiger charge is 2.59. The Morgan fingerprint density at radius 2 is 1.78 bits per heavy atom. The number of nitrogen functional groups attached to an aromatic ring is 1. The minimum absolute atomic E-state index is 0.0152. The third kappa shape index (κ3) is 7.61. The number of hydrogen-bond donors (Lipinski definition) is 2. The molecule has 3 N–H and O–H groups in total. The number of para-hydroxylation sites is 1. The Morgan fingerprint density at radius 3 is 2.44 bits per heavy atom. The lowest BCUT2D eigenvalue weighted by molar-refractivity contribution is -0.170. The maximum absolute atomic E-state index is 14.1. The first-order valence-corrected chi connectivity index (χ1v) is 16.1. The van der Waals surface area contributed by atoms with Gasteiger partial charge in [0.15, 0.2) is 18.0 Å². The van der Waals surface area contributed by atoms with Crippen molar-refractivity contribution in [1.82, 2.24) is 19.7 Å². The number of nitrogens with one attached hydrogen (secondary N) is 1. The SMILES string of the molecule is CCOC(=O)[C@H](C)N[P@](=O)(OC[C@H]1O[C@@](C)(c2ccc3c(N)ncnn23)[C@H](OC(=O)CC)[C@@H]1OC(=O)CC)Oc1ccccc1. The number of fused-ring (bicyclic) bond motifs is 1. The van der Waals surface area contributed by atoms with E-state index in [1.54, 1.807) is 70.2 Å². The molecule has 45 heavy (non-hydrogen) atoms. The molecule has 3 aromatic rings. The van der Waals surface area contributed by atoms with Crippen LogP contribution >= 0.6 is 7.75 Å². The van der Waals surface area contributed by atoms with E-state index >= 15 is 0 Å². The Kier molecular flexibility index (Phi) is 10.8. The second kappa shape index (κ2) is 14.4. The van der Waals surface area contributed by atoms with Crippen molar-refractivity contribution in [3.8, 4) is 5.75 Å². The van der Waals surface area contributed by atoms with E-state index in [4.69, 9.17) is 33.7 Å². The zero-order valence-corrected chi connectivity index (χ0v) is 26.6. The summed E-state index contributed by atoms with van der Waals surface area (Å²) in [7, 11) is -4.32. The van der Waals surface area contributed by atoms with Gasteiger partial charge in [0.05, 0.1) is 18.9 Å². The molecule has 0 spiro atoms. The molecule has 0 bridgehead atoms. The zero-order chi connectivity index (χ0) is 32.8. The Hall–Kier alpha value is -4.04. The zero-order valence-electron chi connectivity index (χ0n) is 25.7. The largest absolute Gasteiger partial charge is 0.465 e. The Bertz CT molecular complexity index is 1550. The van der Waals surface area contributed by atoms with Crippen molar-refractivity contribution in [1.29, 1.82) is 0 Å². The van der Waals surface area contributed by atoms with Crippen molar-refractivity contribution in [3.05, 3.63) is 54.5 Å². The topological polar surface area (TPSA) is 192 Å². The number of esters is 3. The van der Waals surface area contributed by atoms with Gasteiger partial charge in [-0.05, 0) is 45.0 Å². The van der Waals surface area contributed by atoms with Crippen LogP contribution in [0.5, 0.6) is 5.75 Å². The van der Waals surface area contributed by atoms with E-state index < -0.39 is 62.2 Å². The summed E-state index contributed by atoms with van der Waals surface area (Å²) in [4.78, 5) is 41.7. The molecule has 6 atom stereocenters. The van der Waals surface area contributed by atoms with Crippen molar-refractivity contribution in [2.45, 2.75) is 77.4 Å². The molecule has 0 aliphatic carbocycles. The van der Waals surface area contributed by atoms with Crippen molar-refractivity contribution in [3.63, 3.8) is 0 Å². The van der Waals surface area contributed by atoms with Crippen LogP contribution in [0.15, 0.2) is 48.8 Å². The molecule has 1 fully saturated rings. The molecule has 1 saturated heterocycles. The maximum atomic E-state index is 14.1. The third-order valence-corrected chi connectivity index (χ3v) is 8.71. The van der Waals surface area contributed by atoms with E-state index in [9.17, 15) is 18.9 Å². The van der Waals surface area contributed by atoms with E-state index in [0.717, 1.165) is 0 Å². The number of carbonyl (C=O) groups excluding carboxylic acids is 3. The fourth-order valence-corrected chi connectivity index (χ4v) is 6.34. The fraction of sp³-hybridized carbons (Fsp3) is 0.483. The summed E-state index contributed by atoms with van der Waals surface area (Å²) in [6.07, 6.45) is -2.24. The van der Waals surface area contributed by atoms with Crippen LogP contribution in [0.3, 0.4) is 0 Å². The summed E-state index contributed by atoms with van der Waals surface area (Å²) in [6.45, 7) is 7.60. The molecular weight excluding hydrogens is 609 g/mol. The van der Waals surface area contributed by atoms with Crippen molar-refractivity contribution in [2.75, 3.05) is 18.9 Å². The van der Waals surface area contributed by atoms with Crippen LogP contribution in [0.25, 0.3) is 5.52 Å². The molecule has 4 rings (SSSR count). The number of nitrogens with two attached hydrogens (primary N) is 1. The molecule has 0 saturated carbocycles. The second-order valence-corrected chi connectivity index (χ2v) is 12.0. The van der Waals surface area contributed by atoms with Gasteiger partial charge in [0, 0.05) is 12.8 Å². The Labute approximate surface area is 260 Å². The molecule has 2 aromatic heterocycles. The lowest BCUT2D eigenvalue weighted by Crippen LogP contribution is -2.45. The highest BCUT2D eigenvalue weighted by Crippen LogP contribution is 2.48. The lowest BCUT2D eigenvalue weighted by atomic mass is 9.92. The minimum atomic E-state index is -4.32. The molecular formula is C29H38N5O10P. The number of hydrogen-bond acceptors (Lipinski definition) is 13. The van der Waals surface area contributed by atoms with Gasteiger partial charge in [-0.3, -0.25) is 18.9 Å². The van der Waals surface area contributed by atoms with Gasteiger partial charge in [-0.1, -0.05) is 32.0 Å². The van der Waals surface area contributed by atoms with Gasteiger partial charge in [-0.25, -0.2) is 14.1 Å². The van der Waals surface area contributed by atoms with Crippen LogP contribution < -0.4 is 15.3 Å². The number of ether oxygens (including phenoxy) is 4. The van der Waals surface area contributed by atoms with E-state index in [1.165, 1.54) is 17.8 Å². The number of carbonyl (C=O) groups is 3. The predicted molar refractivity (Wildman–Crippen MR) is 160 cm³/mol. The highest BCUT2D eigenvalue weighted by atomic mass is 31.2. The molecule has 244 valence electrons. The number of benzene rings is 1. The van der Waals surface area contributed by atoms with Gasteiger partial charge in [0.25, 0.3) is 0 Å². The number of aromatic nitrogens is 3. The van der Waals surface area contributed by atoms with Gasteiger partial charge < -0.3 is 29.2 Å². The normalized spacial score (nSPS) is 23.2. The molecule has 0 unspecified atom stereocenters. The second-order valence-electron chi connectivity index (χ2n) is 10.3. The first-order chi connectivity index (χ1) is 21.4. The minimum Gasteiger partial charge on any atom is -0.465 e. The van der Waals surface area contributed by atoms with Gasteiger partial charge in [-0.2, -0.15) is 10.2 Å². The van der Waals surface area contributed by atoms with Crippen LogP contribution in [-0.2, 0) is 48.0 Å². The van der Waals surface area contributed by atoms with Crippen LogP contribution in [0.2, 0.25) is 0 Å². The van der Waals surface area contributed by atoms with Gasteiger partial charge in [0.2, 0.25) is 0 Å².